The highest BCUT2D eigenvalue weighted by atomic mass is 35.5. The summed E-state index contributed by atoms with van der Waals surface area (Å²) in [4.78, 5) is 26.4. The molecular weight excluding hydrogens is 362 g/mol. The summed E-state index contributed by atoms with van der Waals surface area (Å²) >= 11 is 8.13. The zero-order valence-electron chi connectivity index (χ0n) is 14.3. The van der Waals surface area contributed by atoms with E-state index in [1.165, 1.54) is 32.9 Å². The van der Waals surface area contributed by atoms with E-state index in [4.69, 9.17) is 16.3 Å². The first-order valence-corrected chi connectivity index (χ1v) is 9.72. The maximum Gasteiger partial charge on any atom is 0.256 e. The maximum absolute atomic E-state index is 12.8. The highest BCUT2D eigenvalue weighted by molar-refractivity contribution is 8.00. The minimum absolute atomic E-state index is 0.0209. The van der Waals surface area contributed by atoms with Gasteiger partial charge in [-0.15, -0.1) is 0 Å². The monoisotopic (exact) mass is 383 g/mol. The van der Waals surface area contributed by atoms with Crippen LogP contribution in [-0.2, 0) is 4.79 Å². The molecule has 3 rings (SSSR count). The van der Waals surface area contributed by atoms with Crippen molar-refractivity contribution in [3.05, 3.63) is 22.7 Å². The molecular formula is C17H22ClN3O3S. The Kier molecular flexibility index (Phi) is 5.76. The lowest BCUT2D eigenvalue weighted by molar-refractivity contribution is -0.114. The predicted octanol–water partition coefficient (Wildman–Crippen LogP) is 2.57. The number of carbonyl (C=O) groups is 2. The van der Waals surface area contributed by atoms with Crippen molar-refractivity contribution in [1.29, 1.82) is 0 Å². The Morgan fingerprint density at radius 3 is 2.92 bits per heavy atom. The topological polar surface area (TPSA) is 70.7 Å². The normalized spacial score (nSPS) is 25.2. The zero-order valence-corrected chi connectivity index (χ0v) is 15.9. The molecule has 0 aliphatic carbocycles. The molecule has 2 amide bonds. The molecule has 0 radical (unpaired) electrons. The Labute approximate surface area is 156 Å². The van der Waals surface area contributed by atoms with Gasteiger partial charge in [0.05, 0.1) is 29.5 Å². The van der Waals surface area contributed by atoms with Gasteiger partial charge in [0.1, 0.15) is 5.75 Å². The van der Waals surface area contributed by atoms with Crippen LogP contribution in [0.25, 0.3) is 0 Å². The largest absolute Gasteiger partial charge is 0.496 e. The summed E-state index contributed by atoms with van der Waals surface area (Å²) in [5, 5.41) is 6.71. The number of hydrogen-bond donors (Lipinski definition) is 2. The maximum atomic E-state index is 12.8. The number of methoxy groups -OCH3 is 1. The summed E-state index contributed by atoms with van der Waals surface area (Å²) in [5.74, 6) is 0.810. The van der Waals surface area contributed by atoms with Gasteiger partial charge in [-0.25, -0.2) is 0 Å². The molecule has 2 bridgehead atoms. The Bertz CT molecular complexity index is 685. The number of ether oxygens (including phenoxy) is 1. The van der Waals surface area contributed by atoms with E-state index in [2.05, 4.69) is 15.5 Å². The number of amides is 2. The molecule has 3 atom stereocenters. The van der Waals surface area contributed by atoms with E-state index in [1.807, 2.05) is 11.8 Å². The molecule has 8 heteroatoms. The minimum Gasteiger partial charge on any atom is -0.496 e. The van der Waals surface area contributed by atoms with Gasteiger partial charge in [0.15, 0.2) is 0 Å². The third kappa shape index (κ3) is 4.22. The molecule has 136 valence electrons. The first-order chi connectivity index (χ1) is 12.0. The number of hydrogen-bond acceptors (Lipinski definition) is 5. The molecule has 2 fully saturated rings. The first kappa shape index (κ1) is 18.4. The Morgan fingerprint density at radius 2 is 2.20 bits per heavy atom. The van der Waals surface area contributed by atoms with E-state index in [-0.39, 0.29) is 18.0 Å². The minimum atomic E-state index is -0.236. The fourth-order valence-electron chi connectivity index (χ4n) is 3.27. The third-order valence-corrected chi connectivity index (χ3v) is 6.16. The van der Waals surface area contributed by atoms with Crippen LogP contribution in [0.1, 0.15) is 30.1 Å². The number of benzene rings is 1. The molecule has 1 aromatic rings. The fraction of sp³-hybridized carbons (Fsp3) is 0.529. The fourth-order valence-corrected chi connectivity index (χ4v) is 4.85. The van der Waals surface area contributed by atoms with Crippen molar-refractivity contribution in [2.75, 3.05) is 31.3 Å². The van der Waals surface area contributed by atoms with Crippen molar-refractivity contribution in [1.82, 2.24) is 10.2 Å². The molecule has 2 aliphatic heterocycles. The van der Waals surface area contributed by atoms with Crippen LogP contribution in [0.3, 0.4) is 0 Å². The van der Waals surface area contributed by atoms with Crippen LogP contribution in [0.5, 0.6) is 5.75 Å². The molecule has 0 saturated carbocycles. The second-order valence-corrected chi connectivity index (χ2v) is 8.04. The van der Waals surface area contributed by atoms with E-state index in [0.29, 0.717) is 27.3 Å². The van der Waals surface area contributed by atoms with Gasteiger partial charge >= 0.3 is 0 Å². The molecule has 0 aromatic heterocycles. The van der Waals surface area contributed by atoms with Crippen LogP contribution < -0.4 is 15.4 Å². The Morgan fingerprint density at radius 1 is 1.40 bits per heavy atom. The lowest BCUT2D eigenvalue weighted by Crippen LogP contribution is -2.57. The van der Waals surface area contributed by atoms with Crippen molar-refractivity contribution in [2.45, 2.75) is 31.2 Å². The molecule has 2 saturated heterocycles. The number of carbonyl (C=O) groups excluding carboxylic acids is 2. The molecule has 6 nitrogen and oxygen atoms in total. The average molecular weight is 384 g/mol. The van der Waals surface area contributed by atoms with Crippen LogP contribution in [0, 0.1) is 0 Å². The van der Waals surface area contributed by atoms with Gasteiger partial charge in [-0.2, -0.15) is 11.8 Å². The molecule has 2 aliphatic rings. The Hall–Kier alpha value is -1.44. The highest BCUT2D eigenvalue weighted by Crippen LogP contribution is 2.32. The first-order valence-electron chi connectivity index (χ1n) is 8.29. The molecule has 1 aromatic carbocycles. The zero-order chi connectivity index (χ0) is 18.0. The summed E-state index contributed by atoms with van der Waals surface area (Å²) in [6.45, 7) is 3.44. The average Bonchev–Trinajstić information content (AvgIpc) is 2.58. The number of nitrogens with zero attached hydrogens (tertiary/aromatic N) is 1. The highest BCUT2D eigenvalue weighted by Gasteiger charge is 2.33. The van der Waals surface area contributed by atoms with Crippen molar-refractivity contribution >= 4 is 40.9 Å². The number of piperidine rings is 1. The predicted molar refractivity (Wildman–Crippen MR) is 101 cm³/mol. The number of thioether (sulfide) groups is 1. The third-order valence-electron chi connectivity index (χ3n) is 4.48. The molecule has 25 heavy (non-hydrogen) atoms. The van der Waals surface area contributed by atoms with Crippen molar-refractivity contribution in [2.24, 2.45) is 0 Å². The second-order valence-electron chi connectivity index (χ2n) is 6.30. The van der Waals surface area contributed by atoms with E-state index >= 15 is 0 Å². The number of halogens is 1. The molecule has 2 heterocycles. The van der Waals surface area contributed by atoms with E-state index < -0.39 is 0 Å². The van der Waals surface area contributed by atoms with Gasteiger partial charge in [-0.1, -0.05) is 11.6 Å². The lowest BCUT2D eigenvalue weighted by atomic mass is 10.1. The summed E-state index contributed by atoms with van der Waals surface area (Å²) in [6, 6.07) is 3.11. The van der Waals surface area contributed by atoms with Crippen LogP contribution >= 0.6 is 23.4 Å². The number of nitrogens with one attached hydrogen (secondary N) is 2. The standard InChI is InChI=1S/C17H22ClN3O3S/c1-10(22)19-14-7-15(24-2)12(6-13(14)18)17(23)20-16-9-25-11-4-3-5-21(16)8-11/h6-7,11,16H,3-5,8-9H2,1-2H3,(H,19,22)(H,20,23). The number of fused-ring (bicyclic) bond motifs is 2. The van der Waals surface area contributed by atoms with Gasteiger partial charge in [-0.05, 0) is 18.9 Å². The van der Waals surface area contributed by atoms with Gasteiger partial charge in [-0.3, -0.25) is 14.5 Å². The second kappa shape index (κ2) is 7.85. The van der Waals surface area contributed by atoms with Crippen molar-refractivity contribution in [3.8, 4) is 5.75 Å². The summed E-state index contributed by atoms with van der Waals surface area (Å²) in [7, 11) is 1.49. The number of anilines is 1. The van der Waals surface area contributed by atoms with Crippen LogP contribution in [0.15, 0.2) is 12.1 Å². The van der Waals surface area contributed by atoms with E-state index in [9.17, 15) is 9.59 Å². The van der Waals surface area contributed by atoms with Gasteiger partial charge in [0, 0.05) is 37.1 Å². The van der Waals surface area contributed by atoms with Crippen molar-refractivity contribution < 1.29 is 14.3 Å². The quantitative estimate of drug-likeness (QED) is 0.836. The lowest BCUT2D eigenvalue weighted by Gasteiger charge is -2.43. The van der Waals surface area contributed by atoms with Crippen LogP contribution in [0.4, 0.5) is 5.69 Å². The summed E-state index contributed by atoms with van der Waals surface area (Å²) in [6.07, 6.45) is 2.45. The van der Waals surface area contributed by atoms with E-state index in [1.54, 1.807) is 6.07 Å². The summed E-state index contributed by atoms with van der Waals surface area (Å²) in [5.41, 5.74) is 0.792. The van der Waals surface area contributed by atoms with Gasteiger partial charge in [0.25, 0.3) is 5.91 Å². The molecule has 0 spiro atoms. The summed E-state index contributed by atoms with van der Waals surface area (Å²) < 4.78 is 5.32. The van der Waals surface area contributed by atoms with Crippen LogP contribution in [0.2, 0.25) is 5.02 Å². The van der Waals surface area contributed by atoms with E-state index in [0.717, 1.165) is 18.8 Å². The van der Waals surface area contributed by atoms with Crippen molar-refractivity contribution in [3.63, 3.8) is 0 Å². The molecule has 2 N–H and O–H groups in total. The van der Waals surface area contributed by atoms with Gasteiger partial charge < -0.3 is 15.4 Å². The smallest absolute Gasteiger partial charge is 0.256 e. The number of rotatable bonds is 4. The van der Waals surface area contributed by atoms with Gasteiger partial charge in [0.2, 0.25) is 5.91 Å². The SMILES string of the molecule is COc1cc(NC(C)=O)c(Cl)cc1C(=O)NC1CSC2CCCN1C2. The van der Waals surface area contributed by atoms with Crippen LogP contribution in [-0.4, -0.2) is 54.1 Å². The molecule has 3 unspecified atom stereocenters. The Balaban J connectivity index is 1.77.